The molecule has 0 rings (SSSR count). The van der Waals surface area contributed by atoms with E-state index in [0.29, 0.717) is 17.4 Å². The lowest BCUT2D eigenvalue weighted by atomic mass is 10.0. The molecule has 0 radical (unpaired) electrons. The van der Waals surface area contributed by atoms with E-state index in [1.54, 1.807) is 0 Å². The van der Waals surface area contributed by atoms with Crippen LogP contribution in [0.2, 0.25) is 0 Å². The average Bonchev–Trinajstić information content (AvgIpc) is 3.64. The Morgan fingerprint density at radius 3 is 1.09 bits per heavy atom. The molecule has 0 saturated carbocycles. The molecule has 0 spiro atoms. The van der Waals surface area contributed by atoms with Crippen molar-refractivity contribution in [1.29, 1.82) is 0 Å². The van der Waals surface area contributed by atoms with Gasteiger partial charge in [0.1, 0.15) is 19.3 Å². The topological polar surface area (TPSA) is 114 Å². The Morgan fingerprint density at radius 1 is 0.412 bits per heavy atom. The lowest BCUT2D eigenvalue weighted by molar-refractivity contribution is -0.870. The Bertz CT molecular complexity index is 1780. The maximum absolute atomic E-state index is 13.6. The van der Waals surface area contributed by atoms with E-state index in [4.69, 9.17) is 13.8 Å². The molecule has 0 bridgehead atoms. The van der Waals surface area contributed by atoms with Gasteiger partial charge in [0, 0.05) is 12.8 Å². The lowest BCUT2D eigenvalue weighted by Crippen LogP contribution is -2.47. The van der Waals surface area contributed by atoms with Crippen molar-refractivity contribution in [3.8, 4) is 0 Å². The summed E-state index contributed by atoms with van der Waals surface area (Å²) in [5.41, 5.74) is 0. The summed E-state index contributed by atoms with van der Waals surface area (Å²) in [6, 6.07) is -0.899. The fourth-order valence-electron chi connectivity index (χ4n) is 9.98. The molecule has 10 heteroatoms. The highest BCUT2D eigenvalue weighted by Crippen LogP contribution is 2.38. The number of unbranched alkanes of at least 4 members (excludes halogenated alkanes) is 34. The number of amides is 1. The number of allylic oxidation sites excluding steroid dienone is 15. The highest BCUT2D eigenvalue weighted by atomic mass is 31.2. The minimum atomic E-state index is -4.71. The van der Waals surface area contributed by atoms with Gasteiger partial charge in [-0.25, -0.2) is 0 Å². The van der Waals surface area contributed by atoms with E-state index in [2.05, 4.69) is 111 Å². The van der Waals surface area contributed by atoms with Crippen LogP contribution in [0.1, 0.15) is 316 Å². The minimum Gasteiger partial charge on any atom is -0.756 e. The van der Waals surface area contributed by atoms with Crippen molar-refractivity contribution in [2.45, 2.75) is 328 Å². The Balaban J connectivity index is 5.06. The fraction of sp³-hybridized carbons (Fsp3) is 0.760. The third kappa shape index (κ3) is 65.2. The Morgan fingerprint density at radius 2 is 0.718 bits per heavy atom. The van der Waals surface area contributed by atoms with E-state index in [1.807, 2.05) is 33.3 Å². The molecule has 0 aromatic heterocycles. The number of hydrogen-bond donors (Lipinski definition) is 1. The molecule has 0 aromatic rings. The van der Waals surface area contributed by atoms with Gasteiger partial charge in [0.05, 0.1) is 33.8 Å². The predicted octanol–water partition coefficient (Wildman–Crippen LogP) is 22.0. The summed E-state index contributed by atoms with van der Waals surface area (Å²) >= 11 is 0. The standard InChI is InChI=1S/C75H135N2O7P/c1-7-10-13-16-19-22-25-27-29-31-33-35-37-38-40-41-43-45-47-49-52-55-58-61-64-67-74(78)76-72(71-83-85(80,81)82-70-69-77(4,5)6)73(66-63-60-57-54-51-24-21-18-15-12-9-3)84-75(79)68-65-62-59-56-53-50-48-46-44-42-39-36-34-32-30-28-26-23-20-17-14-11-8-2/h19-20,22-23,27-30,33-36,38,40,63,66,72-73H,7-18,21,24-26,31-32,37,39,41-62,64-65,67-71H2,1-6H3,(H-,76,78,80,81)/b22-19-,23-20-,29-27-,30-28-,35-33-,36-34-,40-38-,66-63+. The van der Waals surface area contributed by atoms with E-state index >= 15 is 0 Å². The second kappa shape index (κ2) is 63.9. The van der Waals surface area contributed by atoms with Gasteiger partial charge in [-0.05, 0) is 115 Å². The van der Waals surface area contributed by atoms with Crippen molar-refractivity contribution in [2.75, 3.05) is 40.9 Å². The Labute approximate surface area is 526 Å². The van der Waals surface area contributed by atoms with Crippen LogP contribution in [0.3, 0.4) is 0 Å². The van der Waals surface area contributed by atoms with Crippen LogP contribution >= 0.6 is 7.82 Å². The Kier molecular flexibility index (Phi) is 61.6. The summed E-state index contributed by atoms with van der Waals surface area (Å²) in [4.78, 5) is 40.2. The van der Waals surface area contributed by atoms with Crippen LogP contribution in [0.25, 0.3) is 0 Å². The number of hydrogen-bond acceptors (Lipinski definition) is 7. The third-order valence-corrected chi connectivity index (χ3v) is 16.5. The first-order valence-corrected chi connectivity index (χ1v) is 37.0. The van der Waals surface area contributed by atoms with E-state index < -0.39 is 26.6 Å². The summed E-state index contributed by atoms with van der Waals surface area (Å²) in [5, 5.41) is 3.04. The first kappa shape index (κ1) is 81.9. The van der Waals surface area contributed by atoms with Gasteiger partial charge in [-0.3, -0.25) is 14.2 Å². The average molecular weight is 1210 g/mol. The normalized spacial score (nSPS) is 14.1. The number of phosphoric ester groups is 1. The van der Waals surface area contributed by atoms with Crippen molar-refractivity contribution in [3.63, 3.8) is 0 Å². The van der Waals surface area contributed by atoms with Gasteiger partial charge < -0.3 is 28.5 Å². The first-order valence-electron chi connectivity index (χ1n) is 35.5. The molecule has 3 unspecified atom stereocenters. The SMILES string of the molecule is CCCCC/C=C\C/C=C\C/C=C\C/C=C\CCCCCCCCCCCC(=O)NC(COP(=O)([O-])OCC[N+](C)(C)C)C(/C=C/CCCCCCCCCCC)OC(=O)CCCCCCCCCCCC/C=C\C/C=C\C/C=C\CCCCC. The monoisotopic (exact) mass is 1210 g/mol. The zero-order valence-electron chi connectivity index (χ0n) is 56.3. The van der Waals surface area contributed by atoms with Gasteiger partial charge in [-0.2, -0.15) is 0 Å². The molecule has 1 amide bonds. The maximum Gasteiger partial charge on any atom is 0.306 e. The van der Waals surface area contributed by atoms with Crippen molar-refractivity contribution >= 4 is 19.7 Å². The summed E-state index contributed by atoms with van der Waals surface area (Å²) in [5.74, 6) is -0.550. The zero-order chi connectivity index (χ0) is 62.1. The number of esters is 1. The van der Waals surface area contributed by atoms with Crippen molar-refractivity contribution in [2.24, 2.45) is 0 Å². The molecular formula is C75H135N2O7P. The number of phosphoric acid groups is 1. The van der Waals surface area contributed by atoms with E-state index in [0.717, 1.165) is 116 Å². The molecule has 9 nitrogen and oxygen atoms in total. The van der Waals surface area contributed by atoms with Gasteiger partial charge >= 0.3 is 5.97 Å². The van der Waals surface area contributed by atoms with Crippen molar-refractivity contribution in [1.82, 2.24) is 5.32 Å². The van der Waals surface area contributed by atoms with Crippen molar-refractivity contribution in [3.05, 3.63) is 97.2 Å². The highest BCUT2D eigenvalue weighted by molar-refractivity contribution is 7.45. The van der Waals surface area contributed by atoms with Crippen molar-refractivity contribution < 1.29 is 37.3 Å². The molecule has 0 fully saturated rings. The van der Waals surface area contributed by atoms with E-state index in [-0.39, 0.29) is 24.9 Å². The molecule has 85 heavy (non-hydrogen) atoms. The second-order valence-electron chi connectivity index (χ2n) is 25.0. The summed E-state index contributed by atoms with van der Waals surface area (Å²) < 4.78 is 30.4. The number of carbonyl (C=O) groups is 2. The van der Waals surface area contributed by atoms with Crippen LogP contribution in [-0.2, 0) is 27.9 Å². The van der Waals surface area contributed by atoms with Crippen LogP contribution in [0, 0.1) is 0 Å². The molecular weight excluding hydrogens is 1070 g/mol. The molecule has 492 valence electrons. The number of nitrogens with one attached hydrogen (secondary N) is 1. The minimum absolute atomic E-state index is 0.0279. The number of rotatable bonds is 64. The third-order valence-electron chi connectivity index (χ3n) is 15.5. The molecule has 0 aromatic carbocycles. The second-order valence-corrected chi connectivity index (χ2v) is 26.4. The predicted molar refractivity (Wildman–Crippen MR) is 367 cm³/mol. The largest absolute Gasteiger partial charge is 0.756 e. The lowest BCUT2D eigenvalue weighted by Gasteiger charge is -2.30. The van der Waals surface area contributed by atoms with Crippen LogP contribution in [0.5, 0.6) is 0 Å². The van der Waals surface area contributed by atoms with Crippen LogP contribution in [-0.4, -0.2) is 69.4 Å². The van der Waals surface area contributed by atoms with Gasteiger partial charge in [0.25, 0.3) is 7.82 Å². The fourth-order valence-corrected chi connectivity index (χ4v) is 10.7. The number of quaternary nitrogens is 1. The van der Waals surface area contributed by atoms with E-state index in [1.165, 1.54) is 167 Å². The quantitative estimate of drug-likeness (QED) is 0.0212. The molecule has 1 N–H and O–H groups in total. The highest BCUT2D eigenvalue weighted by Gasteiger charge is 2.27. The Hall–Kier alpha value is -3.07. The first-order chi connectivity index (χ1) is 41.4. The van der Waals surface area contributed by atoms with Crippen LogP contribution < -0.4 is 10.2 Å². The van der Waals surface area contributed by atoms with Gasteiger partial charge in [0.2, 0.25) is 5.91 Å². The number of likely N-dealkylation sites (N-methyl/N-ethyl adjacent to an activating group) is 1. The summed E-state index contributed by atoms with van der Waals surface area (Å²) in [6.07, 6.45) is 86.7. The van der Waals surface area contributed by atoms with Gasteiger partial charge in [0.15, 0.2) is 0 Å². The number of carbonyl (C=O) groups excluding carboxylic acids is 2. The van der Waals surface area contributed by atoms with Gasteiger partial charge in [-0.1, -0.05) is 285 Å². The summed E-state index contributed by atoms with van der Waals surface area (Å²) in [6.45, 7) is 6.79. The molecule has 0 heterocycles. The van der Waals surface area contributed by atoms with E-state index in [9.17, 15) is 19.0 Å². The molecule has 3 atom stereocenters. The summed E-state index contributed by atoms with van der Waals surface area (Å²) in [7, 11) is 1.17. The van der Waals surface area contributed by atoms with Crippen LogP contribution in [0.4, 0.5) is 0 Å². The number of ether oxygens (including phenoxy) is 1. The molecule has 0 aliphatic carbocycles. The molecule has 0 aliphatic rings. The van der Waals surface area contributed by atoms with Crippen LogP contribution in [0.15, 0.2) is 97.2 Å². The number of nitrogens with zero attached hydrogens (tertiary/aromatic N) is 1. The maximum atomic E-state index is 13.6. The van der Waals surface area contributed by atoms with Gasteiger partial charge in [-0.15, -0.1) is 0 Å². The zero-order valence-corrected chi connectivity index (χ0v) is 57.2. The molecule has 0 aliphatic heterocycles. The molecule has 0 saturated heterocycles. The smallest absolute Gasteiger partial charge is 0.306 e.